The molecule has 0 aliphatic heterocycles. The molecule has 8 atom stereocenters. The maximum absolute atomic E-state index is 17.3. The quantitative estimate of drug-likeness (QED) is 0.376. The van der Waals surface area contributed by atoms with Crippen molar-refractivity contribution < 1.29 is 41.8 Å². The highest BCUT2D eigenvalue weighted by molar-refractivity contribution is 7.80. The number of aliphatic hydroxyl groups excluding tert-OH is 1. The van der Waals surface area contributed by atoms with Crippen molar-refractivity contribution in [2.24, 2.45) is 28.6 Å². The molecular weight excluding hydrogens is 509 g/mol. The fraction of sp³-hybridized carbons (Fsp3) is 0.593. The Kier molecular flexibility index (Phi) is 5.93. The number of hydrogen-bond donors (Lipinski definition) is 1. The van der Waals surface area contributed by atoms with Crippen LogP contribution in [-0.4, -0.2) is 46.2 Å². The SMILES string of the molecule is C[C@@H]1C[C@H]2[C@@H]3C[C@H](F)C4=CC(=O)C=C(O)[C@]4(C)[C@@]3(F)CC[C@]2(C)[C@]1(OC(=O)c1ccco1)C(=S)OCF. The molecule has 0 bridgehead atoms. The highest BCUT2D eigenvalue weighted by Gasteiger charge is 2.76. The number of halogens is 3. The van der Waals surface area contributed by atoms with Crippen LogP contribution in [0, 0.1) is 28.6 Å². The van der Waals surface area contributed by atoms with Crippen molar-refractivity contribution in [3.05, 3.63) is 47.6 Å². The summed E-state index contributed by atoms with van der Waals surface area (Å²) in [7, 11) is 0. The number of furan rings is 1. The third-order valence-electron chi connectivity index (χ3n) is 9.81. The summed E-state index contributed by atoms with van der Waals surface area (Å²) in [6.07, 6.45) is 1.75. The number of esters is 1. The normalized spacial score (nSPS) is 42.6. The topological polar surface area (TPSA) is 86.0 Å². The molecule has 5 rings (SSSR count). The Hall–Kier alpha value is -2.62. The lowest BCUT2D eigenvalue weighted by Crippen LogP contribution is -2.66. The molecule has 10 heteroatoms. The molecule has 1 heterocycles. The molecule has 37 heavy (non-hydrogen) atoms. The van der Waals surface area contributed by atoms with E-state index in [0.29, 0.717) is 6.42 Å². The van der Waals surface area contributed by atoms with E-state index in [-0.39, 0.29) is 35.6 Å². The largest absolute Gasteiger partial charge is 0.511 e. The van der Waals surface area contributed by atoms with Gasteiger partial charge in [-0.3, -0.25) is 4.79 Å². The molecule has 4 aliphatic rings. The zero-order valence-electron chi connectivity index (χ0n) is 20.8. The van der Waals surface area contributed by atoms with Gasteiger partial charge in [-0.15, -0.1) is 0 Å². The monoisotopic (exact) mass is 538 g/mol. The first-order valence-corrected chi connectivity index (χ1v) is 12.8. The average molecular weight is 539 g/mol. The van der Waals surface area contributed by atoms with Crippen molar-refractivity contribution in [1.82, 2.24) is 0 Å². The van der Waals surface area contributed by atoms with Crippen LogP contribution in [0.4, 0.5) is 13.2 Å². The van der Waals surface area contributed by atoms with Crippen LogP contribution in [0.2, 0.25) is 0 Å². The second-order valence-corrected chi connectivity index (χ2v) is 11.5. The molecule has 6 nitrogen and oxygen atoms in total. The summed E-state index contributed by atoms with van der Waals surface area (Å²) in [6.45, 7) is 3.77. The van der Waals surface area contributed by atoms with Gasteiger partial charge in [0.15, 0.2) is 11.4 Å². The predicted molar refractivity (Wildman–Crippen MR) is 130 cm³/mol. The summed E-state index contributed by atoms with van der Waals surface area (Å²) in [5, 5.41) is 10.6. The molecule has 1 N–H and O–H groups in total. The summed E-state index contributed by atoms with van der Waals surface area (Å²) in [5.41, 5.74) is -6.52. The van der Waals surface area contributed by atoms with Crippen LogP contribution in [0.3, 0.4) is 0 Å². The number of allylic oxidation sites excluding steroid dienone is 3. The number of rotatable bonds is 4. The third-order valence-corrected chi connectivity index (χ3v) is 10.2. The summed E-state index contributed by atoms with van der Waals surface area (Å²) in [5.74, 6) is -3.98. The second kappa shape index (κ2) is 8.44. The summed E-state index contributed by atoms with van der Waals surface area (Å²) >= 11 is 5.50. The van der Waals surface area contributed by atoms with Crippen molar-refractivity contribution in [3.63, 3.8) is 0 Å². The number of ether oxygens (including phenoxy) is 2. The Bertz CT molecular complexity index is 1210. The third kappa shape index (κ3) is 3.20. The lowest BCUT2D eigenvalue weighted by Gasteiger charge is -2.61. The fourth-order valence-electron chi connectivity index (χ4n) is 7.96. The van der Waals surface area contributed by atoms with Gasteiger partial charge in [0, 0.05) is 23.3 Å². The maximum atomic E-state index is 17.3. The molecule has 0 spiro atoms. The first-order valence-electron chi connectivity index (χ1n) is 12.4. The Labute approximate surface area is 217 Å². The Morgan fingerprint density at radius 3 is 2.62 bits per heavy atom. The number of thiocarbonyl (C=S) groups is 1. The van der Waals surface area contributed by atoms with Gasteiger partial charge >= 0.3 is 5.97 Å². The van der Waals surface area contributed by atoms with Crippen LogP contribution >= 0.6 is 12.2 Å². The molecule has 0 aromatic carbocycles. The van der Waals surface area contributed by atoms with Crippen LogP contribution in [0.25, 0.3) is 0 Å². The van der Waals surface area contributed by atoms with Gasteiger partial charge in [0.05, 0.1) is 11.7 Å². The first-order chi connectivity index (χ1) is 17.4. The second-order valence-electron chi connectivity index (χ2n) is 11.1. The number of aliphatic hydroxyl groups is 1. The zero-order chi connectivity index (χ0) is 27.0. The van der Waals surface area contributed by atoms with E-state index in [1.54, 1.807) is 13.8 Å². The van der Waals surface area contributed by atoms with E-state index in [4.69, 9.17) is 26.1 Å². The Balaban J connectivity index is 1.61. The van der Waals surface area contributed by atoms with E-state index < -0.39 is 70.4 Å². The number of carbonyl (C=O) groups excluding carboxylic acids is 2. The molecule has 0 unspecified atom stereocenters. The number of carbonyl (C=O) groups is 2. The van der Waals surface area contributed by atoms with E-state index in [1.165, 1.54) is 25.3 Å². The Morgan fingerprint density at radius 1 is 1.24 bits per heavy atom. The lowest BCUT2D eigenvalue weighted by molar-refractivity contribution is -0.170. The van der Waals surface area contributed by atoms with Gasteiger partial charge in [0.25, 0.3) is 0 Å². The Morgan fingerprint density at radius 2 is 1.97 bits per heavy atom. The minimum atomic E-state index is -2.09. The van der Waals surface area contributed by atoms with Crippen molar-refractivity contribution in [2.45, 2.75) is 63.9 Å². The van der Waals surface area contributed by atoms with Crippen molar-refractivity contribution in [3.8, 4) is 0 Å². The van der Waals surface area contributed by atoms with Gasteiger partial charge in [-0.25, -0.2) is 18.0 Å². The predicted octanol–water partition coefficient (Wildman–Crippen LogP) is 5.93. The van der Waals surface area contributed by atoms with Gasteiger partial charge in [-0.2, -0.15) is 0 Å². The van der Waals surface area contributed by atoms with E-state index >= 15 is 8.78 Å². The summed E-state index contributed by atoms with van der Waals surface area (Å²) in [4.78, 5) is 25.2. The van der Waals surface area contributed by atoms with Crippen LogP contribution in [0.5, 0.6) is 0 Å². The standard InChI is InChI=1S/C27H29F3O6S/c1-14-9-16-17-12-19(29)18-10-15(31)11-21(32)25(18,3)26(17,30)7-6-24(16,2)27(14,23(37)35-13-28)36-22(33)20-5-4-8-34-20/h4-5,8,10-11,14,16-17,19,32H,6-7,9,12-13H2,1-3H3/t14-,16+,17+,19+,24+,25-,26-,27-/m1/s1. The van der Waals surface area contributed by atoms with E-state index in [9.17, 15) is 19.1 Å². The van der Waals surface area contributed by atoms with Crippen molar-refractivity contribution >= 4 is 29.0 Å². The summed E-state index contributed by atoms with van der Waals surface area (Å²) in [6, 6.07) is 2.94. The number of ketones is 1. The number of alkyl halides is 3. The van der Waals surface area contributed by atoms with Gasteiger partial charge in [-0.1, -0.05) is 13.8 Å². The minimum absolute atomic E-state index is 0.0577. The summed E-state index contributed by atoms with van der Waals surface area (Å²) < 4.78 is 62.8. The molecule has 0 saturated heterocycles. The molecule has 0 radical (unpaired) electrons. The van der Waals surface area contributed by atoms with Gasteiger partial charge in [-0.05, 0) is 74.5 Å². The van der Waals surface area contributed by atoms with Gasteiger partial charge in [0.1, 0.15) is 17.6 Å². The molecule has 3 saturated carbocycles. The molecular formula is C27H29F3O6S. The molecule has 1 aromatic rings. The van der Waals surface area contributed by atoms with Crippen LogP contribution in [0.1, 0.15) is 57.0 Å². The van der Waals surface area contributed by atoms with Gasteiger partial charge < -0.3 is 19.0 Å². The first kappa shape index (κ1) is 26.0. The van der Waals surface area contributed by atoms with Crippen molar-refractivity contribution in [1.29, 1.82) is 0 Å². The fourth-order valence-corrected chi connectivity index (χ4v) is 8.48. The highest BCUT2D eigenvalue weighted by atomic mass is 32.1. The van der Waals surface area contributed by atoms with Crippen molar-refractivity contribution in [2.75, 3.05) is 6.86 Å². The van der Waals surface area contributed by atoms with Crippen LogP contribution < -0.4 is 0 Å². The van der Waals surface area contributed by atoms with E-state index in [2.05, 4.69) is 0 Å². The van der Waals surface area contributed by atoms with Crippen LogP contribution in [-0.2, 0) is 14.3 Å². The lowest BCUT2D eigenvalue weighted by atomic mass is 9.45. The van der Waals surface area contributed by atoms with E-state index in [0.717, 1.165) is 12.2 Å². The van der Waals surface area contributed by atoms with E-state index in [1.807, 2.05) is 0 Å². The molecule has 4 aliphatic carbocycles. The molecule has 3 fully saturated rings. The van der Waals surface area contributed by atoms with Crippen LogP contribution in [0.15, 0.2) is 46.3 Å². The number of hydrogen-bond acceptors (Lipinski definition) is 7. The molecule has 0 amide bonds. The number of fused-ring (bicyclic) bond motifs is 5. The van der Waals surface area contributed by atoms with Gasteiger partial charge in [0.2, 0.25) is 17.7 Å². The smallest absolute Gasteiger partial charge is 0.375 e. The highest BCUT2D eigenvalue weighted by Crippen LogP contribution is 2.72. The maximum Gasteiger partial charge on any atom is 0.375 e. The molecule has 200 valence electrons. The zero-order valence-corrected chi connectivity index (χ0v) is 21.6. The minimum Gasteiger partial charge on any atom is -0.511 e. The average Bonchev–Trinajstić information content (AvgIpc) is 3.45. The molecule has 1 aromatic heterocycles.